The second-order valence-electron chi connectivity index (χ2n) is 4.56. The number of halogens is 2. The standard InChI is InChI=1S/C11H14F2N2O/c1-11(2,3)10(16)15-9-7(13)4-6(12)5-8(9)14/h4-5H,14H2,1-3H3,(H,15,16). The molecule has 16 heavy (non-hydrogen) atoms. The Morgan fingerprint density at radius 3 is 2.31 bits per heavy atom. The average molecular weight is 228 g/mol. The Kier molecular flexibility index (Phi) is 3.16. The molecule has 3 nitrogen and oxygen atoms in total. The number of benzene rings is 1. The molecule has 0 aliphatic rings. The van der Waals surface area contributed by atoms with E-state index in [-0.39, 0.29) is 17.3 Å². The van der Waals surface area contributed by atoms with Crippen LogP contribution in [0, 0.1) is 17.0 Å². The molecule has 3 N–H and O–H groups in total. The van der Waals surface area contributed by atoms with E-state index < -0.39 is 17.0 Å². The lowest BCUT2D eigenvalue weighted by Gasteiger charge is -2.18. The van der Waals surface area contributed by atoms with E-state index in [2.05, 4.69) is 5.32 Å². The Labute approximate surface area is 92.6 Å². The Morgan fingerprint density at radius 2 is 1.88 bits per heavy atom. The minimum absolute atomic E-state index is 0.130. The van der Waals surface area contributed by atoms with E-state index in [1.165, 1.54) is 0 Å². The molecule has 0 fully saturated rings. The molecule has 0 aliphatic carbocycles. The van der Waals surface area contributed by atoms with Crippen molar-refractivity contribution in [3.63, 3.8) is 0 Å². The molecule has 0 heterocycles. The number of nitrogens with one attached hydrogen (secondary N) is 1. The van der Waals surface area contributed by atoms with Gasteiger partial charge >= 0.3 is 0 Å². The van der Waals surface area contributed by atoms with Gasteiger partial charge in [-0.2, -0.15) is 0 Å². The fourth-order valence-electron chi connectivity index (χ4n) is 1.03. The summed E-state index contributed by atoms with van der Waals surface area (Å²) in [5.74, 6) is -2.04. The number of hydrogen-bond donors (Lipinski definition) is 2. The minimum atomic E-state index is -0.880. The van der Waals surface area contributed by atoms with Gasteiger partial charge in [0.05, 0.1) is 5.69 Å². The fourth-order valence-corrected chi connectivity index (χ4v) is 1.03. The number of rotatable bonds is 1. The highest BCUT2D eigenvalue weighted by atomic mass is 19.1. The Balaban J connectivity index is 3.03. The third-order valence-corrected chi connectivity index (χ3v) is 2.01. The van der Waals surface area contributed by atoms with Gasteiger partial charge in [-0.15, -0.1) is 0 Å². The van der Waals surface area contributed by atoms with Gasteiger partial charge < -0.3 is 11.1 Å². The van der Waals surface area contributed by atoms with Crippen molar-refractivity contribution < 1.29 is 13.6 Å². The molecule has 1 rings (SSSR count). The van der Waals surface area contributed by atoms with Crippen molar-refractivity contribution in [2.24, 2.45) is 5.41 Å². The van der Waals surface area contributed by atoms with Crippen LogP contribution in [0.3, 0.4) is 0 Å². The van der Waals surface area contributed by atoms with Crippen molar-refractivity contribution in [2.75, 3.05) is 11.1 Å². The van der Waals surface area contributed by atoms with Gasteiger partial charge in [-0.25, -0.2) is 8.78 Å². The van der Waals surface area contributed by atoms with Crippen molar-refractivity contribution >= 4 is 17.3 Å². The Hall–Kier alpha value is -1.65. The zero-order valence-electron chi connectivity index (χ0n) is 9.40. The van der Waals surface area contributed by atoms with E-state index in [9.17, 15) is 13.6 Å². The number of nitrogen functional groups attached to an aromatic ring is 1. The van der Waals surface area contributed by atoms with Crippen LogP contribution in [0.1, 0.15) is 20.8 Å². The average Bonchev–Trinajstić information content (AvgIpc) is 2.08. The number of carbonyl (C=O) groups excluding carboxylic acids is 1. The molecular formula is C11H14F2N2O. The van der Waals surface area contributed by atoms with Crippen LogP contribution in [-0.4, -0.2) is 5.91 Å². The molecule has 0 saturated heterocycles. The molecule has 0 saturated carbocycles. The number of hydrogen-bond acceptors (Lipinski definition) is 2. The molecule has 0 radical (unpaired) electrons. The highest BCUT2D eigenvalue weighted by molar-refractivity contribution is 5.97. The summed E-state index contributed by atoms with van der Waals surface area (Å²) in [5, 5.41) is 2.34. The topological polar surface area (TPSA) is 55.1 Å². The van der Waals surface area contributed by atoms with Crippen molar-refractivity contribution in [3.8, 4) is 0 Å². The lowest BCUT2D eigenvalue weighted by molar-refractivity contribution is -0.123. The molecule has 88 valence electrons. The maximum atomic E-state index is 13.3. The Bertz CT molecular complexity index is 401. The predicted molar refractivity (Wildman–Crippen MR) is 58.9 cm³/mol. The summed E-state index contributed by atoms with van der Waals surface area (Å²) in [6.45, 7) is 5.04. The molecule has 0 spiro atoms. The second kappa shape index (κ2) is 4.08. The highest BCUT2D eigenvalue weighted by Crippen LogP contribution is 2.26. The molecule has 0 bridgehead atoms. The van der Waals surface area contributed by atoms with E-state index >= 15 is 0 Å². The number of anilines is 2. The van der Waals surface area contributed by atoms with Crippen molar-refractivity contribution in [3.05, 3.63) is 23.8 Å². The van der Waals surface area contributed by atoms with Crippen LogP contribution in [0.2, 0.25) is 0 Å². The van der Waals surface area contributed by atoms with Crippen LogP contribution in [0.25, 0.3) is 0 Å². The Morgan fingerprint density at radius 1 is 1.31 bits per heavy atom. The lowest BCUT2D eigenvalue weighted by atomic mass is 9.95. The van der Waals surface area contributed by atoms with Crippen LogP contribution < -0.4 is 11.1 Å². The van der Waals surface area contributed by atoms with Crippen LogP contribution in [0.4, 0.5) is 20.2 Å². The minimum Gasteiger partial charge on any atom is -0.397 e. The third kappa shape index (κ3) is 2.68. The highest BCUT2D eigenvalue weighted by Gasteiger charge is 2.23. The maximum absolute atomic E-state index is 13.3. The zero-order valence-corrected chi connectivity index (χ0v) is 9.40. The van der Waals surface area contributed by atoms with Gasteiger partial charge in [0.15, 0.2) is 5.82 Å². The summed E-state index contributed by atoms with van der Waals surface area (Å²) in [7, 11) is 0. The SMILES string of the molecule is CC(C)(C)C(=O)Nc1c(N)cc(F)cc1F. The van der Waals surface area contributed by atoms with Crippen LogP contribution >= 0.6 is 0 Å². The second-order valence-corrected chi connectivity index (χ2v) is 4.56. The maximum Gasteiger partial charge on any atom is 0.229 e. The van der Waals surface area contributed by atoms with E-state index in [0.717, 1.165) is 6.07 Å². The number of amides is 1. The summed E-state index contributed by atoms with van der Waals surface area (Å²) in [4.78, 5) is 11.6. The molecule has 0 atom stereocenters. The van der Waals surface area contributed by atoms with Crippen LogP contribution in [-0.2, 0) is 4.79 Å². The zero-order chi connectivity index (χ0) is 12.5. The van der Waals surface area contributed by atoms with Gasteiger partial charge in [0, 0.05) is 11.5 Å². The van der Waals surface area contributed by atoms with E-state index in [4.69, 9.17) is 5.73 Å². The van der Waals surface area contributed by atoms with Gasteiger partial charge in [-0.05, 0) is 6.07 Å². The fraction of sp³-hybridized carbons (Fsp3) is 0.364. The molecule has 0 aromatic heterocycles. The van der Waals surface area contributed by atoms with Gasteiger partial charge in [-0.1, -0.05) is 20.8 Å². The monoisotopic (exact) mass is 228 g/mol. The predicted octanol–water partition coefficient (Wildman–Crippen LogP) is 2.53. The first-order valence-corrected chi connectivity index (χ1v) is 4.78. The summed E-state index contributed by atoms with van der Waals surface area (Å²) < 4.78 is 26.1. The van der Waals surface area contributed by atoms with Crippen molar-refractivity contribution in [1.82, 2.24) is 0 Å². The van der Waals surface area contributed by atoms with E-state index in [1.807, 2.05) is 0 Å². The van der Waals surface area contributed by atoms with Crippen LogP contribution in [0.15, 0.2) is 12.1 Å². The normalized spacial score (nSPS) is 11.3. The van der Waals surface area contributed by atoms with Gasteiger partial charge in [-0.3, -0.25) is 4.79 Å². The molecule has 5 heteroatoms. The van der Waals surface area contributed by atoms with E-state index in [1.54, 1.807) is 20.8 Å². The van der Waals surface area contributed by atoms with Gasteiger partial charge in [0.2, 0.25) is 5.91 Å². The lowest BCUT2D eigenvalue weighted by Crippen LogP contribution is -2.28. The van der Waals surface area contributed by atoms with Crippen LogP contribution in [0.5, 0.6) is 0 Å². The molecule has 0 unspecified atom stereocenters. The summed E-state index contributed by atoms with van der Waals surface area (Å²) >= 11 is 0. The first-order chi connectivity index (χ1) is 7.21. The quantitative estimate of drug-likeness (QED) is 0.726. The first kappa shape index (κ1) is 12.4. The number of nitrogens with two attached hydrogens (primary N) is 1. The summed E-state index contributed by atoms with van der Waals surface area (Å²) in [5.41, 5.74) is 4.44. The molecular weight excluding hydrogens is 214 g/mol. The smallest absolute Gasteiger partial charge is 0.229 e. The van der Waals surface area contributed by atoms with Gasteiger partial charge in [0.1, 0.15) is 11.5 Å². The van der Waals surface area contributed by atoms with E-state index in [0.29, 0.717) is 6.07 Å². The number of carbonyl (C=O) groups is 1. The largest absolute Gasteiger partial charge is 0.397 e. The third-order valence-electron chi connectivity index (χ3n) is 2.01. The molecule has 1 aromatic rings. The van der Waals surface area contributed by atoms with Gasteiger partial charge in [0.25, 0.3) is 0 Å². The summed E-state index contributed by atoms with van der Waals surface area (Å²) in [6, 6.07) is 1.63. The molecule has 1 amide bonds. The van der Waals surface area contributed by atoms with Crippen molar-refractivity contribution in [1.29, 1.82) is 0 Å². The first-order valence-electron chi connectivity index (χ1n) is 4.78. The molecule has 0 aliphatic heterocycles. The summed E-state index contributed by atoms with van der Waals surface area (Å²) in [6.07, 6.45) is 0. The molecule has 1 aromatic carbocycles. The van der Waals surface area contributed by atoms with Crippen molar-refractivity contribution in [2.45, 2.75) is 20.8 Å².